The lowest BCUT2D eigenvalue weighted by atomic mass is 10.1. The Hall–Kier alpha value is -2.86. The van der Waals surface area contributed by atoms with Crippen LogP contribution < -0.4 is 5.32 Å². The van der Waals surface area contributed by atoms with Crippen molar-refractivity contribution in [1.82, 2.24) is 0 Å². The number of aryl methyl sites for hydroxylation is 2. The molecule has 104 valence electrons. The number of amides is 1. The number of nitrogens with one attached hydrogen (secondary N) is 1. The Morgan fingerprint density at radius 1 is 1.10 bits per heavy atom. The summed E-state index contributed by atoms with van der Waals surface area (Å²) in [5, 5.41) is 11.9. The molecule has 2 aromatic carbocycles. The molecule has 0 saturated carbocycles. The molecule has 2 rings (SSSR count). The van der Waals surface area contributed by atoms with E-state index in [9.17, 15) is 4.79 Å². The van der Waals surface area contributed by atoms with E-state index in [1.165, 1.54) is 0 Å². The number of carbonyl (C=O) groups is 1. The number of carbonyl (C=O) groups excluding carboxylic acids is 1. The van der Waals surface area contributed by atoms with Crippen molar-refractivity contribution in [3.05, 3.63) is 70.8 Å². The number of nitriles is 1. The van der Waals surface area contributed by atoms with E-state index in [4.69, 9.17) is 5.26 Å². The fourth-order valence-electron chi connectivity index (χ4n) is 1.88. The van der Waals surface area contributed by atoms with E-state index in [1.807, 2.05) is 68.4 Å². The molecule has 0 atom stereocenters. The number of hydrogen-bond donors (Lipinski definition) is 1. The molecular formula is C18H16N2O. The van der Waals surface area contributed by atoms with Crippen LogP contribution in [0.25, 0.3) is 6.08 Å². The Morgan fingerprint density at radius 3 is 2.43 bits per heavy atom. The van der Waals surface area contributed by atoms with Gasteiger partial charge in [0.05, 0.1) is 0 Å². The van der Waals surface area contributed by atoms with Crippen LogP contribution in [-0.2, 0) is 4.79 Å². The van der Waals surface area contributed by atoms with Gasteiger partial charge in [-0.15, -0.1) is 0 Å². The van der Waals surface area contributed by atoms with Crippen LogP contribution in [0.1, 0.15) is 16.7 Å². The van der Waals surface area contributed by atoms with Crippen LogP contribution in [-0.4, -0.2) is 5.91 Å². The van der Waals surface area contributed by atoms with Crippen LogP contribution in [0.5, 0.6) is 0 Å². The minimum Gasteiger partial charge on any atom is -0.321 e. The van der Waals surface area contributed by atoms with E-state index in [-0.39, 0.29) is 5.57 Å². The Balaban J connectivity index is 2.20. The maximum atomic E-state index is 12.1. The van der Waals surface area contributed by atoms with Crippen LogP contribution in [0.3, 0.4) is 0 Å². The predicted molar refractivity (Wildman–Crippen MR) is 84.6 cm³/mol. The molecule has 0 aliphatic heterocycles. The molecule has 3 heteroatoms. The lowest BCUT2D eigenvalue weighted by molar-refractivity contribution is -0.112. The van der Waals surface area contributed by atoms with Crippen LogP contribution in [0.2, 0.25) is 0 Å². The van der Waals surface area contributed by atoms with Gasteiger partial charge in [-0.3, -0.25) is 4.79 Å². The maximum Gasteiger partial charge on any atom is 0.266 e. The van der Waals surface area contributed by atoms with Crippen LogP contribution in [0, 0.1) is 25.2 Å². The summed E-state index contributed by atoms with van der Waals surface area (Å²) in [7, 11) is 0. The number of benzene rings is 2. The Kier molecular flexibility index (Phi) is 4.53. The molecule has 0 fully saturated rings. The lowest BCUT2D eigenvalue weighted by Crippen LogP contribution is -2.13. The van der Waals surface area contributed by atoms with Crippen LogP contribution >= 0.6 is 0 Å². The zero-order valence-corrected chi connectivity index (χ0v) is 12.1. The molecule has 0 spiro atoms. The second-order valence-electron chi connectivity index (χ2n) is 4.83. The Labute approximate surface area is 124 Å². The number of hydrogen-bond acceptors (Lipinski definition) is 2. The third-order valence-corrected chi connectivity index (χ3v) is 3.24. The fraction of sp³-hybridized carbons (Fsp3) is 0.111. The first-order chi connectivity index (χ1) is 10.1. The normalized spacial score (nSPS) is 10.8. The molecule has 21 heavy (non-hydrogen) atoms. The molecule has 0 unspecified atom stereocenters. The van der Waals surface area contributed by atoms with Crippen molar-refractivity contribution >= 4 is 17.7 Å². The highest BCUT2D eigenvalue weighted by molar-refractivity contribution is 6.09. The third-order valence-electron chi connectivity index (χ3n) is 3.24. The van der Waals surface area contributed by atoms with Gasteiger partial charge in [-0.2, -0.15) is 5.26 Å². The van der Waals surface area contributed by atoms with Crippen molar-refractivity contribution in [2.45, 2.75) is 13.8 Å². The standard InChI is InChI=1S/C18H16N2O/c1-13-8-9-17(10-14(13)2)20-18(21)16(12-19)11-15-6-4-3-5-7-15/h3-11H,1-2H3,(H,20,21)/b16-11+. The van der Waals surface area contributed by atoms with Crippen molar-refractivity contribution in [1.29, 1.82) is 5.26 Å². The highest BCUT2D eigenvalue weighted by Gasteiger charge is 2.09. The van der Waals surface area contributed by atoms with E-state index in [2.05, 4.69) is 5.32 Å². The molecule has 0 heterocycles. The molecule has 0 bridgehead atoms. The van der Waals surface area contributed by atoms with Gasteiger partial charge in [-0.05, 0) is 48.7 Å². The molecule has 1 N–H and O–H groups in total. The molecule has 0 radical (unpaired) electrons. The summed E-state index contributed by atoms with van der Waals surface area (Å²) in [6.45, 7) is 3.99. The fourth-order valence-corrected chi connectivity index (χ4v) is 1.88. The van der Waals surface area contributed by atoms with Gasteiger partial charge in [-0.25, -0.2) is 0 Å². The minimum atomic E-state index is -0.399. The molecule has 1 amide bonds. The van der Waals surface area contributed by atoms with Gasteiger partial charge in [0.2, 0.25) is 0 Å². The quantitative estimate of drug-likeness (QED) is 0.684. The van der Waals surface area contributed by atoms with E-state index < -0.39 is 5.91 Å². The van der Waals surface area contributed by atoms with Gasteiger partial charge in [0, 0.05) is 5.69 Å². The molecule has 0 saturated heterocycles. The smallest absolute Gasteiger partial charge is 0.266 e. The second kappa shape index (κ2) is 6.53. The maximum absolute atomic E-state index is 12.1. The predicted octanol–water partition coefficient (Wildman–Crippen LogP) is 3.85. The van der Waals surface area contributed by atoms with Gasteiger partial charge in [-0.1, -0.05) is 36.4 Å². The van der Waals surface area contributed by atoms with Gasteiger partial charge in [0.1, 0.15) is 11.6 Å². The highest BCUT2D eigenvalue weighted by Crippen LogP contribution is 2.15. The molecular weight excluding hydrogens is 260 g/mol. The second-order valence-corrected chi connectivity index (χ2v) is 4.83. The number of anilines is 1. The highest BCUT2D eigenvalue weighted by atomic mass is 16.1. The van der Waals surface area contributed by atoms with Crippen molar-refractivity contribution < 1.29 is 4.79 Å². The average Bonchev–Trinajstić information content (AvgIpc) is 2.49. The number of rotatable bonds is 3. The Bertz CT molecular complexity index is 725. The zero-order valence-electron chi connectivity index (χ0n) is 12.1. The van der Waals surface area contributed by atoms with E-state index in [1.54, 1.807) is 6.08 Å². The zero-order chi connectivity index (χ0) is 15.2. The first kappa shape index (κ1) is 14.5. The molecule has 3 nitrogen and oxygen atoms in total. The SMILES string of the molecule is Cc1ccc(NC(=O)/C(C#N)=C/c2ccccc2)cc1C. The summed E-state index contributed by atoms with van der Waals surface area (Å²) in [5.41, 5.74) is 3.85. The van der Waals surface area contributed by atoms with E-state index in [0.717, 1.165) is 16.7 Å². The Morgan fingerprint density at radius 2 is 1.81 bits per heavy atom. The van der Waals surface area contributed by atoms with E-state index >= 15 is 0 Å². The summed E-state index contributed by atoms with van der Waals surface area (Å²) in [5.74, 6) is -0.399. The summed E-state index contributed by atoms with van der Waals surface area (Å²) < 4.78 is 0. The molecule has 2 aromatic rings. The summed E-state index contributed by atoms with van der Waals surface area (Å²) in [6, 6.07) is 16.9. The van der Waals surface area contributed by atoms with Gasteiger partial charge in [0.15, 0.2) is 0 Å². The molecule has 0 aliphatic carbocycles. The average molecular weight is 276 g/mol. The first-order valence-corrected chi connectivity index (χ1v) is 6.65. The molecule has 0 aromatic heterocycles. The largest absolute Gasteiger partial charge is 0.321 e. The van der Waals surface area contributed by atoms with E-state index in [0.29, 0.717) is 5.69 Å². The van der Waals surface area contributed by atoms with Crippen molar-refractivity contribution in [3.63, 3.8) is 0 Å². The molecule has 0 aliphatic rings. The van der Waals surface area contributed by atoms with Crippen LogP contribution in [0.15, 0.2) is 54.1 Å². The van der Waals surface area contributed by atoms with Crippen molar-refractivity contribution in [2.24, 2.45) is 0 Å². The van der Waals surface area contributed by atoms with Gasteiger partial charge < -0.3 is 5.32 Å². The lowest BCUT2D eigenvalue weighted by Gasteiger charge is -2.07. The summed E-state index contributed by atoms with van der Waals surface area (Å²) in [4.78, 5) is 12.1. The summed E-state index contributed by atoms with van der Waals surface area (Å²) in [6.07, 6.45) is 1.58. The monoisotopic (exact) mass is 276 g/mol. The van der Waals surface area contributed by atoms with Gasteiger partial charge in [0.25, 0.3) is 5.91 Å². The third kappa shape index (κ3) is 3.80. The minimum absolute atomic E-state index is 0.0828. The summed E-state index contributed by atoms with van der Waals surface area (Å²) >= 11 is 0. The number of nitrogens with zero attached hydrogens (tertiary/aromatic N) is 1. The van der Waals surface area contributed by atoms with Crippen LogP contribution in [0.4, 0.5) is 5.69 Å². The van der Waals surface area contributed by atoms with Crippen molar-refractivity contribution in [3.8, 4) is 6.07 Å². The van der Waals surface area contributed by atoms with Gasteiger partial charge >= 0.3 is 0 Å². The van der Waals surface area contributed by atoms with Crippen molar-refractivity contribution in [2.75, 3.05) is 5.32 Å². The first-order valence-electron chi connectivity index (χ1n) is 6.65. The topological polar surface area (TPSA) is 52.9 Å².